The molecule has 0 aromatic heterocycles. The molecule has 0 radical (unpaired) electrons. The second-order valence-corrected chi connectivity index (χ2v) is 5.93. The van der Waals surface area contributed by atoms with Crippen molar-refractivity contribution in [3.63, 3.8) is 0 Å². The molecule has 2 aromatic rings. The normalized spacial score (nSPS) is 10.4. The molecule has 2 nitrogen and oxygen atoms in total. The Morgan fingerprint density at radius 1 is 1.11 bits per heavy atom. The molecule has 2 rings (SSSR count). The molecule has 0 spiro atoms. The Morgan fingerprint density at radius 3 is 2.39 bits per heavy atom. The standard InChI is InChI=1S/C13H10Br2ClNO/c14-9-3-1-8(2-4-9)7-18-13-11(15)5-10(16)6-12(13)17/h1-6H,7,17H2. The Morgan fingerprint density at radius 2 is 1.78 bits per heavy atom. The lowest BCUT2D eigenvalue weighted by atomic mass is 10.2. The Bertz CT molecular complexity index is 534. The van der Waals surface area contributed by atoms with Crippen LogP contribution in [0, 0.1) is 0 Å². The molecule has 0 saturated heterocycles. The second kappa shape index (κ2) is 5.95. The van der Waals surface area contributed by atoms with Gasteiger partial charge in [0, 0.05) is 9.50 Å². The highest BCUT2D eigenvalue weighted by atomic mass is 79.9. The highest BCUT2D eigenvalue weighted by Gasteiger charge is 2.08. The summed E-state index contributed by atoms with van der Waals surface area (Å²) in [6.45, 7) is 0.456. The van der Waals surface area contributed by atoms with E-state index in [4.69, 9.17) is 22.1 Å². The number of ether oxygens (including phenoxy) is 1. The monoisotopic (exact) mass is 389 g/mol. The molecule has 0 amide bonds. The summed E-state index contributed by atoms with van der Waals surface area (Å²) in [6.07, 6.45) is 0. The van der Waals surface area contributed by atoms with Crippen LogP contribution < -0.4 is 10.5 Å². The lowest BCUT2D eigenvalue weighted by Gasteiger charge is -2.11. The number of rotatable bonds is 3. The van der Waals surface area contributed by atoms with Crippen LogP contribution in [0.15, 0.2) is 45.3 Å². The summed E-state index contributed by atoms with van der Waals surface area (Å²) in [4.78, 5) is 0. The van der Waals surface area contributed by atoms with Crippen LogP contribution in [-0.2, 0) is 6.61 Å². The van der Waals surface area contributed by atoms with Crippen LogP contribution in [0.2, 0.25) is 5.02 Å². The first-order valence-electron chi connectivity index (χ1n) is 5.18. The number of nitrogens with two attached hydrogens (primary N) is 1. The van der Waals surface area contributed by atoms with Gasteiger partial charge in [0.15, 0.2) is 5.75 Å². The van der Waals surface area contributed by atoms with Crippen LogP contribution in [0.25, 0.3) is 0 Å². The van der Waals surface area contributed by atoms with E-state index in [1.165, 1.54) is 0 Å². The topological polar surface area (TPSA) is 35.2 Å². The van der Waals surface area contributed by atoms with E-state index in [2.05, 4.69) is 31.9 Å². The van der Waals surface area contributed by atoms with Crippen LogP contribution in [0.4, 0.5) is 5.69 Å². The smallest absolute Gasteiger partial charge is 0.156 e. The van der Waals surface area contributed by atoms with Gasteiger partial charge in [-0.05, 0) is 45.8 Å². The third-order valence-electron chi connectivity index (χ3n) is 2.33. The van der Waals surface area contributed by atoms with Crippen LogP contribution in [0.3, 0.4) is 0 Å². The maximum atomic E-state index is 5.89. The summed E-state index contributed by atoms with van der Waals surface area (Å²) in [6, 6.07) is 11.4. The van der Waals surface area contributed by atoms with E-state index in [1.807, 2.05) is 24.3 Å². The molecular formula is C13H10Br2ClNO. The zero-order chi connectivity index (χ0) is 13.1. The summed E-state index contributed by atoms with van der Waals surface area (Å²) in [5.41, 5.74) is 7.45. The molecule has 0 saturated carbocycles. The summed E-state index contributed by atoms with van der Waals surface area (Å²) in [5, 5.41) is 0.579. The number of halogens is 3. The molecule has 2 aromatic carbocycles. The maximum Gasteiger partial charge on any atom is 0.156 e. The summed E-state index contributed by atoms with van der Waals surface area (Å²) < 4.78 is 7.50. The molecule has 94 valence electrons. The van der Waals surface area contributed by atoms with Crippen molar-refractivity contribution in [1.29, 1.82) is 0 Å². The molecular weight excluding hydrogens is 381 g/mol. The van der Waals surface area contributed by atoms with Gasteiger partial charge in [-0.2, -0.15) is 0 Å². The molecule has 5 heteroatoms. The minimum absolute atomic E-state index is 0.456. The fraction of sp³-hybridized carbons (Fsp3) is 0.0769. The average molecular weight is 391 g/mol. The second-order valence-electron chi connectivity index (χ2n) is 3.72. The van der Waals surface area contributed by atoms with Crippen molar-refractivity contribution >= 4 is 49.1 Å². The molecule has 0 aliphatic carbocycles. The van der Waals surface area contributed by atoms with Crippen LogP contribution >= 0.6 is 43.5 Å². The molecule has 0 unspecified atom stereocenters. The molecule has 0 atom stereocenters. The first kappa shape index (κ1) is 13.7. The molecule has 0 aliphatic rings. The molecule has 0 bridgehead atoms. The lowest BCUT2D eigenvalue weighted by Crippen LogP contribution is -1.99. The van der Waals surface area contributed by atoms with Crippen LogP contribution in [0.1, 0.15) is 5.56 Å². The summed E-state index contributed by atoms with van der Waals surface area (Å²) in [7, 11) is 0. The Kier molecular flexibility index (Phi) is 4.54. The maximum absolute atomic E-state index is 5.89. The summed E-state index contributed by atoms with van der Waals surface area (Å²) in [5.74, 6) is 0.613. The van der Waals surface area contributed by atoms with Crippen LogP contribution in [0.5, 0.6) is 5.75 Å². The first-order valence-corrected chi connectivity index (χ1v) is 7.14. The van der Waals surface area contributed by atoms with Gasteiger partial charge in [-0.15, -0.1) is 0 Å². The van der Waals surface area contributed by atoms with Gasteiger partial charge in [-0.25, -0.2) is 0 Å². The predicted molar refractivity (Wildman–Crippen MR) is 82.0 cm³/mol. The van der Waals surface area contributed by atoms with Crippen molar-refractivity contribution in [1.82, 2.24) is 0 Å². The molecule has 2 N–H and O–H groups in total. The third-order valence-corrected chi connectivity index (χ3v) is 3.67. The fourth-order valence-electron chi connectivity index (χ4n) is 1.47. The highest BCUT2D eigenvalue weighted by Crippen LogP contribution is 2.35. The number of anilines is 1. The largest absolute Gasteiger partial charge is 0.486 e. The van der Waals surface area contributed by atoms with Gasteiger partial charge in [-0.3, -0.25) is 0 Å². The van der Waals surface area contributed by atoms with E-state index in [9.17, 15) is 0 Å². The van der Waals surface area contributed by atoms with Crippen molar-refractivity contribution < 1.29 is 4.74 Å². The Balaban J connectivity index is 2.13. The number of benzene rings is 2. The third kappa shape index (κ3) is 3.40. The Labute approximate surface area is 127 Å². The van der Waals surface area contributed by atoms with Crippen molar-refractivity contribution in [2.24, 2.45) is 0 Å². The van der Waals surface area contributed by atoms with Crippen molar-refractivity contribution in [3.8, 4) is 5.75 Å². The summed E-state index contributed by atoms with van der Waals surface area (Å²) >= 11 is 12.7. The Hall–Kier alpha value is -0.710. The van der Waals surface area contributed by atoms with Gasteiger partial charge >= 0.3 is 0 Å². The predicted octanol–water partition coefficient (Wildman–Crippen LogP) is 5.03. The quantitative estimate of drug-likeness (QED) is 0.745. The van der Waals surface area contributed by atoms with Gasteiger partial charge < -0.3 is 10.5 Å². The van der Waals surface area contributed by atoms with Crippen molar-refractivity contribution in [2.45, 2.75) is 6.61 Å². The first-order chi connectivity index (χ1) is 8.56. The van der Waals surface area contributed by atoms with E-state index < -0.39 is 0 Å². The number of hydrogen-bond acceptors (Lipinski definition) is 2. The van der Waals surface area contributed by atoms with Crippen molar-refractivity contribution in [2.75, 3.05) is 5.73 Å². The minimum Gasteiger partial charge on any atom is -0.486 e. The molecule has 0 heterocycles. The van der Waals surface area contributed by atoms with E-state index >= 15 is 0 Å². The zero-order valence-corrected chi connectivity index (χ0v) is 13.2. The lowest BCUT2D eigenvalue weighted by molar-refractivity contribution is 0.306. The van der Waals surface area contributed by atoms with E-state index in [0.29, 0.717) is 23.1 Å². The highest BCUT2D eigenvalue weighted by molar-refractivity contribution is 9.10. The molecule has 0 aliphatic heterocycles. The van der Waals surface area contributed by atoms with E-state index in [0.717, 1.165) is 14.5 Å². The molecule has 18 heavy (non-hydrogen) atoms. The average Bonchev–Trinajstić information content (AvgIpc) is 2.30. The SMILES string of the molecule is Nc1cc(Cl)cc(Br)c1OCc1ccc(Br)cc1. The van der Waals surface area contributed by atoms with Gasteiger partial charge in [-0.1, -0.05) is 39.7 Å². The zero-order valence-electron chi connectivity index (χ0n) is 9.29. The molecule has 0 fully saturated rings. The van der Waals surface area contributed by atoms with E-state index in [-0.39, 0.29) is 0 Å². The van der Waals surface area contributed by atoms with Gasteiger partial charge in [0.05, 0.1) is 10.2 Å². The van der Waals surface area contributed by atoms with Gasteiger partial charge in [0.2, 0.25) is 0 Å². The van der Waals surface area contributed by atoms with Crippen LogP contribution in [-0.4, -0.2) is 0 Å². The van der Waals surface area contributed by atoms with Crippen molar-refractivity contribution in [3.05, 3.63) is 55.9 Å². The number of nitrogen functional groups attached to an aromatic ring is 1. The van der Waals surface area contributed by atoms with E-state index in [1.54, 1.807) is 12.1 Å². The fourth-order valence-corrected chi connectivity index (χ4v) is 2.68. The van der Waals surface area contributed by atoms with Gasteiger partial charge in [0.25, 0.3) is 0 Å². The minimum atomic E-state index is 0.456. The van der Waals surface area contributed by atoms with Gasteiger partial charge in [0.1, 0.15) is 6.61 Å². The number of hydrogen-bond donors (Lipinski definition) is 1.